The van der Waals surface area contributed by atoms with E-state index >= 15 is 0 Å². The lowest BCUT2D eigenvalue weighted by molar-refractivity contribution is -0.151. The van der Waals surface area contributed by atoms with Crippen molar-refractivity contribution >= 4 is 5.97 Å². The van der Waals surface area contributed by atoms with E-state index in [0.717, 1.165) is 5.56 Å². The summed E-state index contributed by atoms with van der Waals surface area (Å²) in [5.41, 5.74) is 0.939. The zero-order valence-electron chi connectivity index (χ0n) is 10.5. The molecule has 0 aliphatic heterocycles. The maximum Gasteiger partial charge on any atom is 0.309 e. The lowest BCUT2D eigenvalue weighted by Crippen LogP contribution is -2.26. The van der Waals surface area contributed by atoms with E-state index in [4.69, 9.17) is 4.74 Å². The number of alkyl halides is 1. The quantitative estimate of drug-likeness (QED) is 0.735. The molecular formula is C14H19FO2. The number of benzene rings is 1. The summed E-state index contributed by atoms with van der Waals surface area (Å²) in [5.74, 6) is -1.08. The Balaban J connectivity index is 2.45. The van der Waals surface area contributed by atoms with Crippen LogP contribution in [0.4, 0.5) is 4.39 Å². The smallest absolute Gasteiger partial charge is 0.309 e. The number of ether oxygens (including phenoxy) is 1. The molecule has 0 aliphatic carbocycles. The molecule has 0 heterocycles. The summed E-state index contributed by atoms with van der Waals surface area (Å²) in [6.45, 7) is 5.14. The number of carbonyl (C=O) groups excluding carboxylic acids is 1. The van der Waals surface area contributed by atoms with Crippen molar-refractivity contribution in [2.75, 3.05) is 0 Å². The van der Waals surface area contributed by atoms with E-state index in [9.17, 15) is 9.18 Å². The first kappa shape index (κ1) is 13.7. The van der Waals surface area contributed by atoms with E-state index in [1.54, 1.807) is 13.8 Å². The molecule has 0 aliphatic rings. The SMILES string of the molecule is CC(F)C(C)C(C)C(=O)OCc1ccccc1. The summed E-state index contributed by atoms with van der Waals surface area (Å²) in [7, 11) is 0. The minimum absolute atomic E-state index is 0.247. The van der Waals surface area contributed by atoms with E-state index < -0.39 is 12.1 Å². The molecule has 0 radical (unpaired) electrons. The molecule has 0 spiro atoms. The molecule has 3 heteroatoms. The Morgan fingerprint density at radius 3 is 2.35 bits per heavy atom. The Morgan fingerprint density at radius 2 is 1.82 bits per heavy atom. The molecule has 0 amide bonds. The summed E-state index contributed by atoms with van der Waals surface area (Å²) in [6, 6.07) is 9.46. The maximum absolute atomic E-state index is 13.1. The molecule has 3 unspecified atom stereocenters. The van der Waals surface area contributed by atoms with Crippen LogP contribution in [-0.2, 0) is 16.1 Å². The molecule has 1 rings (SSSR count). The number of hydrogen-bond donors (Lipinski definition) is 0. The van der Waals surface area contributed by atoms with Crippen molar-refractivity contribution in [3.63, 3.8) is 0 Å². The highest BCUT2D eigenvalue weighted by molar-refractivity contribution is 5.72. The summed E-state index contributed by atoms with van der Waals surface area (Å²) in [5, 5.41) is 0. The number of halogens is 1. The third-order valence-corrected chi connectivity index (χ3v) is 3.11. The molecule has 94 valence electrons. The van der Waals surface area contributed by atoms with E-state index in [0.29, 0.717) is 0 Å². The molecule has 0 aromatic heterocycles. The normalized spacial score (nSPS) is 16.0. The van der Waals surface area contributed by atoms with Gasteiger partial charge in [-0.15, -0.1) is 0 Å². The van der Waals surface area contributed by atoms with Gasteiger partial charge in [-0.05, 0) is 18.4 Å². The second-order valence-electron chi connectivity index (χ2n) is 4.42. The molecule has 2 nitrogen and oxygen atoms in total. The summed E-state index contributed by atoms with van der Waals surface area (Å²) < 4.78 is 18.2. The Morgan fingerprint density at radius 1 is 1.24 bits per heavy atom. The molecule has 1 aromatic rings. The van der Waals surface area contributed by atoms with Gasteiger partial charge >= 0.3 is 5.97 Å². The summed E-state index contributed by atoms with van der Waals surface area (Å²) >= 11 is 0. The maximum atomic E-state index is 13.1. The van der Waals surface area contributed by atoms with Gasteiger partial charge in [0.2, 0.25) is 0 Å². The highest BCUT2D eigenvalue weighted by atomic mass is 19.1. The fourth-order valence-corrected chi connectivity index (χ4v) is 1.47. The minimum Gasteiger partial charge on any atom is -0.461 e. The van der Waals surface area contributed by atoms with Crippen LogP contribution in [-0.4, -0.2) is 12.1 Å². The molecular weight excluding hydrogens is 219 g/mol. The van der Waals surface area contributed by atoms with Crippen molar-refractivity contribution in [3.05, 3.63) is 35.9 Å². The van der Waals surface area contributed by atoms with Crippen LogP contribution >= 0.6 is 0 Å². The molecule has 0 saturated heterocycles. The van der Waals surface area contributed by atoms with Gasteiger partial charge < -0.3 is 4.74 Å². The third kappa shape index (κ3) is 4.17. The number of rotatable bonds is 5. The van der Waals surface area contributed by atoms with Crippen molar-refractivity contribution in [2.24, 2.45) is 11.8 Å². The van der Waals surface area contributed by atoms with E-state index in [-0.39, 0.29) is 18.5 Å². The minimum atomic E-state index is -1.01. The zero-order chi connectivity index (χ0) is 12.8. The van der Waals surface area contributed by atoms with Gasteiger partial charge in [0, 0.05) is 0 Å². The van der Waals surface area contributed by atoms with E-state index in [2.05, 4.69) is 0 Å². The van der Waals surface area contributed by atoms with Gasteiger partial charge in [0.25, 0.3) is 0 Å². The van der Waals surface area contributed by atoms with Gasteiger partial charge in [0.05, 0.1) is 5.92 Å². The lowest BCUT2D eigenvalue weighted by atomic mass is 9.92. The van der Waals surface area contributed by atoms with Gasteiger partial charge in [-0.3, -0.25) is 4.79 Å². The van der Waals surface area contributed by atoms with Crippen molar-refractivity contribution in [2.45, 2.75) is 33.5 Å². The second kappa shape index (κ2) is 6.38. The van der Waals surface area contributed by atoms with Crippen LogP contribution < -0.4 is 0 Å². The highest BCUT2D eigenvalue weighted by Crippen LogP contribution is 2.19. The monoisotopic (exact) mass is 238 g/mol. The molecule has 0 fully saturated rings. The van der Waals surface area contributed by atoms with Crippen molar-refractivity contribution in [3.8, 4) is 0 Å². The van der Waals surface area contributed by atoms with Gasteiger partial charge in [-0.2, -0.15) is 0 Å². The molecule has 0 N–H and O–H groups in total. The zero-order valence-corrected chi connectivity index (χ0v) is 10.5. The fourth-order valence-electron chi connectivity index (χ4n) is 1.47. The number of carbonyl (C=O) groups is 1. The van der Waals surface area contributed by atoms with Gasteiger partial charge in [0.15, 0.2) is 0 Å². The average Bonchev–Trinajstić information content (AvgIpc) is 2.35. The predicted molar refractivity (Wildman–Crippen MR) is 65.1 cm³/mol. The summed E-state index contributed by atoms with van der Waals surface area (Å²) in [6.07, 6.45) is -1.01. The topological polar surface area (TPSA) is 26.3 Å². The van der Waals surface area contributed by atoms with Crippen LogP contribution in [0.15, 0.2) is 30.3 Å². The Kier molecular flexibility index (Phi) is 5.13. The van der Waals surface area contributed by atoms with Crippen LogP contribution in [0.1, 0.15) is 26.3 Å². The van der Waals surface area contributed by atoms with Crippen LogP contribution in [0.5, 0.6) is 0 Å². The van der Waals surface area contributed by atoms with Crippen LogP contribution in [0.2, 0.25) is 0 Å². The van der Waals surface area contributed by atoms with E-state index in [1.807, 2.05) is 30.3 Å². The van der Waals surface area contributed by atoms with Gasteiger partial charge in [0.1, 0.15) is 12.8 Å². The Bertz CT molecular complexity index is 348. The first-order valence-corrected chi connectivity index (χ1v) is 5.87. The largest absolute Gasteiger partial charge is 0.461 e. The second-order valence-corrected chi connectivity index (χ2v) is 4.42. The van der Waals surface area contributed by atoms with Crippen LogP contribution in [0.25, 0.3) is 0 Å². The standard InChI is InChI=1S/C14H19FO2/c1-10(12(3)15)11(2)14(16)17-9-13-7-5-4-6-8-13/h4-8,10-12H,9H2,1-3H3. The first-order valence-electron chi connectivity index (χ1n) is 5.87. The van der Waals surface area contributed by atoms with E-state index in [1.165, 1.54) is 6.92 Å². The van der Waals surface area contributed by atoms with Gasteiger partial charge in [-0.25, -0.2) is 4.39 Å². The third-order valence-electron chi connectivity index (χ3n) is 3.11. The Labute approximate surface area is 102 Å². The van der Waals surface area contributed by atoms with Crippen molar-refractivity contribution in [1.82, 2.24) is 0 Å². The van der Waals surface area contributed by atoms with Gasteiger partial charge in [-0.1, -0.05) is 44.2 Å². The Hall–Kier alpha value is -1.38. The molecule has 0 bridgehead atoms. The number of esters is 1. The van der Waals surface area contributed by atoms with Crippen LogP contribution in [0, 0.1) is 11.8 Å². The highest BCUT2D eigenvalue weighted by Gasteiger charge is 2.25. The molecule has 0 saturated carbocycles. The predicted octanol–water partition coefficient (Wildman–Crippen LogP) is 3.36. The summed E-state index contributed by atoms with van der Waals surface area (Å²) in [4.78, 5) is 11.7. The molecule has 1 aromatic carbocycles. The average molecular weight is 238 g/mol. The first-order chi connectivity index (χ1) is 8.02. The van der Waals surface area contributed by atoms with Crippen molar-refractivity contribution in [1.29, 1.82) is 0 Å². The lowest BCUT2D eigenvalue weighted by Gasteiger charge is -2.19. The van der Waals surface area contributed by atoms with Crippen molar-refractivity contribution < 1.29 is 13.9 Å². The van der Waals surface area contributed by atoms with Crippen LogP contribution in [0.3, 0.4) is 0 Å². The fraction of sp³-hybridized carbons (Fsp3) is 0.500. The molecule has 3 atom stereocenters. The molecule has 17 heavy (non-hydrogen) atoms. The number of hydrogen-bond acceptors (Lipinski definition) is 2.